The molecule has 1 aromatic carbocycles. The Morgan fingerprint density at radius 2 is 2.19 bits per heavy atom. The van der Waals surface area contributed by atoms with Gasteiger partial charge in [-0.25, -0.2) is 8.78 Å². The average Bonchev–Trinajstić information content (AvgIpc) is 2.24. The molecule has 0 aliphatic carbocycles. The number of nitrogens with two attached hydrogens (primary N) is 1. The first-order valence-corrected chi connectivity index (χ1v) is 4.49. The Morgan fingerprint density at radius 1 is 1.50 bits per heavy atom. The van der Waals surface area contributed by atoms with Crippen LogP contribution in [-0.4, -0.2) is 12.5 Å². The summed E-state index contributed by atoms with van der Waals surface area (Å²) in [7, 11) is 0. The van der Waals surface area contributed by atoms with Crippen molar-refractivity contribution in [3.8, 4) is 11.8 Å². The number of nitrogens with one attached hydrogen (secondary N) is 1. The van der Waals surface area contributed by atoms with Crippen LogP contribution in [0.15, 0.2) is 12.1 Å². The van der Waals surface area contributed by atoms with Crippen molar-refractivity contribution in [1.29, 1.82) is 0 Å². The molecule has 0 saturated heterocycles. The van der Waals surface area contributed by atoms with Crippen molar-refractivity contribution in [1.82, 2.24) is 5.32 Å². The van der Waals surface area contributed by atoms with Crippen LogP contribution in [0.3, 0.4) is 0 Å². The fourth-order valence-corrected chi connectivity index (χ4v) is 1.08. The Bertz CT molecular complexity index is 475. The molecule has 1 amide bonds. The Balaban J connectivity index is 2.97. The number of hydrogen-bond acceptors (Lipinski definition) is 2. The minimum Gasteiger partial charge on any atom is -0.396 e. The predicted molar refractivity (Wildman–Crippen MR) is 56.6 cm³/mol. The van der Waals surface area contributed by atoms with Crippen LogP contribution in [0.1, 0.15) is 17.3 Å². The molecule has 0 unspecified atom stereocenters. The first-order chi connectivity index (χ1) is 7.57. The highest BCUT2D eigenvalue weighted by molar-refractivity contribution is 5.95. The maximum Gasteiger partial charge on any atom is 0.258 e. The molecule has 0 aliphatic rings. The minimum atomic E-state index is -1.05. The van der Waals surface area contributed by atoms with Crippen LogP contribution in [0.5, 0.6) is 0 Å². The molecule has 0 heterocycles. The SMILES string of the molecule is CC#CCNC(=O)c1c(F)ccc(N)c1F. The van der Waals surface area contributed by atoms with Gasteiger partial charge >= 0.3 is 0 Å². The van der Waals surface area contributed by atoms with Gasteiger partial charge in [-0.15, -0.1) is 5.92 Å². The zero-order chi connectivity index (χ0) is 12.1. The summed E-state index contributed by atoms with van der Waals surface area (Å²) in [6, 6.07) is 2.01. The lowest BCUT2D eigenvalue weighted by molar-refractivity contribution is 0.0950. The molecular weight excluding hydrogens is 214 g/mol. The van der Waals surface area contributed by atoms with E-state index in [1.807, 2.05) is 0 Å². The number of hydrogen-bond donors (Lipinski definition) is 2. The van der Waals surface area contributed by atoms with E-state index in [-0.39, 0.29) is 12.2 Å². The van der Waals surface area contributed by atoms with Gasteiger partial charge in [0, 0.05) is 0 Å². The number of halogens is 2. The van der Waals surface area contributed by atoms with Crippen molar-refractivity contribution in [3.63, 3.8) is 0 Å². The monoisotopic (exact) mass is 224 g/mol. The number of anilines is 1. The number of benzene rings is 1. The van der Waals surface area contributed by atoms with Crippen LogP contribution in [0.2, 0.25) is 0 Å². The highest BCUT2D eigenvalue weighted by atomic mass is 19.1. The first-order valence-electron chi connectivity index (χ1n) is 4.49. The minimum absolute atomic E-state index is 0.0308. The normalized spacial score (nSPS) is 9.19. The Kier molecular flexibility index (Phi) is 3.84. The number of carbonyl (C=O) groups is 1. The van der Waals surface area contributed by atoms with Crippen LogP contribution in [0, 0.1) is 23.5 Å². The van der Waals surface area contributed by atoms with E-state index >= 15 is 0 Å². The Labute approximate surface area is 91.6 Å². The molecule has 3 nitrogen and oxygen atoms in total. The van der Waals surface area contributed by atoms with Gasteiger partial charge in [-0.2, -0.15) is 0 Å². The fourth-order valence-electron chi connectivity index (χ4n) is 1.08. The highest BCUT2D eigenvalue weighted by Crippen LogP contribution is 2.18. The van der Waals surface area contributed by atoms with Gasteiger partial charge in [-0.05, 0) is 19.1 Å². The zero-order valence-electron chi connectivity index (χ0n) is 8.60. The standard InChI is InChI=1S/C11H10F2N2O/c1-2-3-6-15-11(16)9-7(12)4-5-8(14)10(9)13/h4-5H,6,14H2,1H3,(H,15,16). The maximum atomic E-state index is 13.4. The van der Waals surface area contributed by atoms with Gasteiger partial charge < -0.3 is 11.1 Å². The van der Waals surface area contributed by atoms with Gasteiger partial charge in [0.2, 0.25) is 0 Å². The van der Waals surface area contributed by atoms with Crippen LogP contribution >= 0.6 is 0 Å². The largest absolute Gasteiger partial charge is 0.396 e. The highest BCUT2D eigenvalue weighted by Gasteiger charge is 2.18. The van der Waals surface area contributed by atoms with E-state index in [9.17, 15) is 13.6 Å². The smallest absolute Gasteiger partial charge is 0.258 e. The number of amides is 1. The van der Waals surface area contributed by atoms with E-state index in [4.69, 9.17) is 5.73 Å². The fraction of sp³-hybridized carbons (Fsp3) is 0.182. The van der Waals surface area contributed by atoms with E-state index in [0.29, 0.717) is 0 Å². The number of nitrogen functional groups attached to an aromatic ring is 1. The van der Waals surface area contributed by atoms with E-state index in [1.54, 1.807) is 6.92 Å². The molecule has 0 aliphatic heterocycles. The molecule has 16 heavy (non-hydrogen) atoms. The molecule has 3 N–H and O–H groups in total. The lowest BCUT2D eigenvalue weighted by Crippen LogP contribution is -2.26. The maximum absolute atomic E-state index is 13.4. The van der Waals surface area contributed by atoms with Crippen molar-refractivity contribution < 1.29 is 13.6 Å². The summed E-state index contributed by atoms with van der Waals surface area (Å²) in [6.45, 7) is 1.62. The molecule has 84 valence electrons. The number of rotatable bonds is 2. The third-order valence-corrected chi connectivity index (χ3v) is 1.86. The summed E-state index contributed by atoms with van der Waals surface area (Å²) < 4.78 is 26.6. The summed E-state index contributed by atoms with van der Waals surface area (Å²) in [5, 5.41) is 2.26. The van der Waals surface area contributed by atoms with Gasteiger partial charge in [0.25, 0.3) is 5.91 Å². The third-order valence-electron chi connectivity index (χ3n) is 1.86. The Morgan fingerprint density at radius 3 is 2.81 bits per heavy atom. The second-order valence-electron chi connectivity index (χ2n) is 2.94. The van der Waals surface area contributed by atoms with Crippen molar-refractivity contribution in [2.45, 2.75) is 6.92 Å². The van der Waals surface area contributed by atoms with Gasteiger partial charge in [0.1, 0.15) is 11.4 Å². The summed E-state index contributed by atoms with van der Waals surface area (Å²) >= 11 is 0. The summed E-state index contributed by atoms with van der Waals surface area (Å²) in [5.74, 6) is 2.21. The quantitative estimate of drug-likeness (QED) is 0.587. The summed E-state index contributed by atoms with van der Waals surface area (Å²) in [4.78, 5) is 11.4. The average molecular weight is 224 g/mol. The third kappa shape index (κ3) is 2.48. The molecular formula is C11H10F2N2O. The predicted octanol–water partition coefficient (Wildman–Crippen LogP) is 1.30. The van der Waals surface area contributed by atoms with Crippen molar-refractivity contribution >= 4 is 11.6 Å². The van der Waals surface area contributed by atoms with E-state index < -0.39 is 23.1 Å². The Hall–Kier alpha value is -2.09. The molecule has 1 aromatic rings. The van der Waals surface area contributed by atoms with E-state index in [1.165, 1.54) is 0 Å². The van der Waals surface area contributed by atoms with Gasteiger partial charge in [-0.1, -0.05) is 5.92 Å². The lowest BCUT2D eigenvalue weighted by atomic mass is 10.1. The molecule has 0 radical (unpaired) electrons. The first kappa shape index (κ1) is 12.0. The lowest BCUT2D eigenvalue weighted by Gasteiger charge is -2.06. The topological polar surface area (TPSA) is 55.1 Å². The van der Waals surface area contributed by atoms with Crippen LogP contribution < -0.4 is 11.1 Å². The van der Waals surface area contributed by atoms with Crippen molar-refractivity contribution in [3.05, 3.63) is 29.3 Å². The molecule has 0 spiro atoms. The molecule has 0 fully saturated rings. The summed E-state index contributed by atoms with van der Waals surface area (Å²) in [5.41, 5.74) is 4.28. The van der Waals surface area contributed by atoms with E-state index in [2.05, 4.69) is 17.2 Å². The molecule has 0 bridgehead atoms. The second-order valence-corrected chi connectivity index (χ2v) is 2.94. The molecule has 5 heteroatoms. The van der Waals surface area contributed by atoms with Crippen molar-refractivity contribution in [2.24, 2.45) is 0 Å². The molecule has 1 rings (SSSR count). The summed E-state index contributed by atoms with van der Waals surface area (Å²) in [6.07, 6.45) is 0. The van der Waals surface area contributed by atoms with Gasteiger partial charge in [0.15, 0.2) is 5.82 Å². The zero-order valence-corrected chi connectivity index (χ0v) is 8.60. The van der Waals surface area contributed by atoms with Crippen LogP contribution in [0.25, 0.3) is 0 Å². The van der Waals surface area contributed by atoms with Crippen molar-refractivity contribution in [2.75, 3.05) is 12.3 Å². The molecule has 0 saturated carbocycles. The van der Waals surface area contributed by atoms with Crippen LogP contribution in [-0.2, 0) is 0 Å². The van der Waals surface area contributed by atoms with Crippen LogP contribution in [0.4, 0.5) is 14.5 Å². The van der Waals surface area contributed by atoms with Gasteiger partial charge in [0.05, 0.1) is 12.2 Å². The van der Waals surface area contributed by atoms with E-state index in [0.717, 1.165) is 12.1 Å². The van der Waals surface area contributed by atoms with Gasteiger partial charge in [-0.3, -0.25) is 4.79 Å². The second kappa shape index (κ2) is 5.12. The molecule has 0 aromatic heterocycles. The number of carbonyl (C=O) groups excluding carboxylic acids is 1. The molecule has 0 atom stereocenters.